The number of halogens is 10. The molecule has 3 aromatic rings. The largest absolute Gasteiger partial charge is 0.806 e. The van der Waals surface area contributed by atoms with E-state index in [1.165, 1.54) is 12.1 Å². The molecule has 2 aliphatic rings. The van der Waals surface area contributed by atoms with Crippen LogP contribution in [0.25, 0.3) is 0 Å². The van der Waals surface area contributed by atoms with Crippen LogP contribution in [0.4, 0.5) is 35.1 Å². The van der Waals surface area contributed by atoms with E-state index in [-0.39, 0.29) is 27.9 Å². The average molecular weight is 953 g/mol. The molecule has 0 fully saturated rings. The third-order valence-corrected chi connectivity index (χ3v) is 10.2. The van der Waals surface area contributed by atoms with E-state index < -0.39 is 106 Å². The van der Waals surface area contributed by atoms with Crippen LogP contribution in [-0.4, -0.2) is 42.2 Å². The van der Waals surface area contributed by atoms with Crippen molar-refractivity contribution in [3.8, 4) is 0 Å². The second-order valence-electron chi connectivity index (χ2n) is 11.9. The molecule has 0 aromatic heterocycles. The lowest BCUT2D eigenvalue weighted by Gasteiger charge is -2.38. The van der Waals surface area contributed by atoms with Crippen LogP contribution in [-0.2, 0) is 44.0 Å². The molecule has 304 valence electrons. The number of nitrogens with two attached hydrogens (primary N) is 1. The van der Waals surface area contributed by atoms with Gasteiger partial charge in [0.1, 0.15) is 12.1 Å². The second kappa shape index (κ2) is 15.9. The lowest BCUT2D eigenvalue weighted by atomic mass is 9.96. The third kappa shape index (κ3) is 9.13. The molecule has 12 N–H and O–H groups in total. The SMILES string of the molecule is NC(=O)[C@H](Cc1ccc(C(F)(F)P(=O)([O-])[O-])c(Br)c1)NC(=O)[C@H](Cc1cccc(C2(C(F)(F)F)N=N2)c1)NC(=O)c1cc(Br)cc(C2(C(F)(F)F)N=N2)c1.[NH4+].[NH4+]. The lowest BCUT2D eigenvalue weighted by molar-refractivity contribution is -0.335. The van der Waals surface area contributed by atoms with Crippen molar-refractivity contribution in [1.29, 1.82) is 0 Å². The van der Waals surface area contributed by atoms with Gasteiger partial charge in [-0.3, -0.25) is 14.4 Å². The first kappa shape index (κ1) is 46.1. The molecular formula is C30H28Br2F8N9O6P. The highest BCUT2D eigenvalue weighted by molar-refractivity contribution is 9.10. The van der Waals surface area contributed by atoms with Crippen LogP contribution in [0, 0.1) is 0 Å². The van der Waals surface area contributed by atoms with Crippen molar-refractivity contribution in [2.24, 2.45) is 26.2 Å². The first-order valence-corrected chi connectivity index (χ1v) is 18.0. The Bertz CT molecular complexity index is 2140. The molecule has 26 heteroatoms. The quantitative estimate of drug-likeness (QED) is 0.104. The number of hydrogen-bond donors (Lipinski definition) is 5. The van der Waals surface area contributed by atoms with Crippen LogP contribution in [0.3, 0.4) is 0 Å². The van der Waals surface area contributed by atoms with E-state index in [1.807, 2.05) is 0 Å². The number of amides is 3. The zero-order valence-electron chi connectivity index (χ0n) is 28.4. The summed E-state index contributed by atoms with van der Waals surface area (Å²) < 4.78 is 121. The first-order valence-electron chi connectivity index (χ1n) is 14.8. The molecule has 0 saturated heterocycles. The maximum Gasteiger partial charge on any atom is 0.442 e. The molecule has 56 heavy (non-hydrogen) atoms. The van der Waals surface area contributed by atoms with E-state index in [0.29, 0.717) is 6.07 Å². The fourth-order valence-electron chi connectivity index (χ4n) is 5.22. The minimum atomic E-state index is -6.46. The molecular weight excluding hydrogens is 925 g/mol. The molecule has 2 aliphatic heterocycles. The summed E-state index contributed by atoms with van der Waals surface area (Å²) in [5, 5.41) is 17.0. The summed E-state index contributed by atoms with van der Waals surface area (Å²) in [6.07, 6.45) is -11.0. The number of primary amides is 1. The Balaban J connectivity index is 0.00000420. The Labute approximate surface area is 326 Å². The fourth-order valence-corrected chi connectivity index (χ4v) is 7.03. The molecule has 2 heterocycles. The standard InChI is InChI=1S/C30H22Br2F8N7O6P.2H3N/c31-18-11-15(10-17(12-18)27(46-47-27)30(38,39)40)24(49)43-22(9-13-2-1-3-16(6-13)26(44-45-26)29(35,36)37)25(50)42-21(23(41)48)8-14-4-5-19(20(32)7-14)28(33,34)54(51,52)53;;/h1-7,10-12,21-22H,8-9H2,(H2,41,48)(H,42,50)(H,43,49)(H2,51,52,53);2*1H3/t21-,22-;;/m0../s1. The Morgan fingerprint density at radius 1 is 0.750 bits per heavy atom. The van der Waals surface area contributed by atoms with Gasteiger partial charge < -0.3 is 43.0 Å². The minimum Gasteiger partial charge on any atom is -0.806 e. The van der Waals surface area contributed by atoms with Crippen molar-refractivity contribution in [2.75, 3.05) is 0 Å². The van der Waals surface area contributed by atoms with Gasteiger partial charge in [0.05, 0.1) is 0 Å². The first-order chi connectivity index (χ1) is 24.8. The van der Waals surface area contributed by atoms with Crippen LogP contribution in [0.15, 0.2) is 90.1 Å². The molecule has 0 unspecified atom stereocenters. The number of quaternary nitrogens is 2. The lowest BCUT2D eigenvalue weighted by Crippen LogP contribution is -2.54. The zero-order valence-corrected chi connectivity index (χ0v) is 32.5. The van der Waals surface area contributed by atoms with E-state index in [0.717, 1.165) is 42.5 Å². The molecule has 0 radical (unpaired) electrons. The fraction of sp³-hybridized carbons (Fsp3) is 0.300. The highest BCUT2D eigenvalue weighted by Crippen LogP contribution is 2.55. The molecule has 0 saturated carbocycles. The van der Waals surface area contributed by atoms with Crippen LogP contribution < -0.4 is 38.5 Å². The number of rotatable bonds is 13. The van der Waals surface area contributed by atoms with E-state index in [9.17, 15) is 63.9 Å². The van der Waals surface area contributed by atoms with Gasteiger partial charge in [0.15, 0.2) is 0 Å². The van der Waals surface area contributed by atoms with E-state index in [2.05, 4.69) is 63.0 Å². The molecule has 0 bridgehead atoms. The molecule has 0 aliphatic carbocycles. The van der Waals surface area contributed by atoms with E-state index >= 15 is 0 Å². The maximum absolute atomic E-state index is 14.2. The monoisotopic (exact) mass is 951 g/mol. The predicted molar refractivity (Wildman–Crippen MR) is 183 cm³/mol. The van der Waals surface area contributed by atoms with Crippen molar-refractivity contribution in [3.05, 3.63) is 103 Å². The molecule has 3 amide bonds. The van der Waals surface area contributed by atoms with E-state index in [4.69, 9.17) is 5.73 Å². The van der Waals surface area contributed by atoms with E-state index in [1.54, 1.807) is 0 Å². The summed E-state index contributed by atoms with van der Waals surface area (Å²) >= 11 is 5.76. The normalized spacial score (nSPS) is 16.4. The van der Waals surface area contributed by atoms with Crippen molar-refractivity contribution < 1.29 is 63.9 Å². The van der Waals surface area contributed by atoms with Gasteiger partial charge in [0.25, 0.3) is 11.6 Å². The molecule has 3 aromatic carbocycles. The highest BCUT2D eigenvalue weighted by Gasteiger charge is 2.66. The third-order valence-electron chi connectivity index (χ3n) is 8.15. The van der Waals surface area contributed by atoms with Gasteiger partial charge in [-0.2, -0.15) is 35.1 Å². The highest BCUT2D eigenvalue weighted by atomic mass is 79.9. The summed E-state index contributed by atoms with van der Waals surface area (Å²) in [6, 6.07) is 6.43. The summed E-state index contributed by atoms with van der Waals surface area (Å²) in [5.74, 6) is -3.55. The Kier molecular flexibility index (Phi) is 13.1. The molecule has 2 atom stereocenters. The minimum absolute atomic E-state index is 0. The van der Waals surface area contributed by atoms with Crippen molar-refractivity contribution in [1.82, 2.24) is 22.9 Å². The Morgan fingerprint density at radius 2 is 1.29 bits per heavy atom. The molecule has 15 nitrogen and oxygen atoms in total. The van der Waals surface area contributed by atoms with Crippen molar-refractivity contribution >= 4 is 57.2 Å². The topological polar surface area (TPSA) is 287 Å². The van der Waals surface area contributed by atoms with Gasteiger partial charge in [-0.1, -0.05) is 68.3 Å². The predicted octanol–water partition coefficient (Wildman–Crippen LogP) is 5.84. The summed E-state index contributed by atoms with van der Waals surface area (Å²) in [5.41, 5.74) is -7.83. The number of alkyl halides is 8. The van der Waals surface area contributed by atoms with Crippen LogP contribution >= 0.6 is 39.5 Å². The average Bonchev–Trinajstić information content (AvgIpc) is 3.97. The number of nitrogens with zero attached hydrogens (tertiary/aromatic N) is 4. The van der Waals surface area contributed by atoms with Gasteiger partial charge in [0.2, 0.25) is 11.8 Å². The van der Waals surface area contributed by atoms with Gasteiger partial charge >= 0.3 is 23.7 Å². The van der Waals surface area contributed by atoms with Crippen LogP contribution in [0.2, 0.25) is 0 Å². The van der Waals surface area contributed by atoms with Gasteiger partial charge in [-0.15, -0.1) is 20.5 Å². The van der Waals surface area contributed by atoms with Crippen molar-refractivity contribution in [3.63, 3.8) is 0 Å². The molecule has 0 spiro atoms. The van der Waals surface area contributed by atoms with Crippen LogP contribution in [0.5, 0.6) is 0 Å². The number of hydrogen-bond acceptors (Lipinski definition) is 10. The number of carbonyl (C=O) groups is 3. The smallest absolute Gasteiger partial charge is 0.442 e. The zero-order chi connectivity index (χ0) is 40.2. The Morgan fingerprint density at radius 3 is 1.79 bits per heavy atom. The van der Waals surface area contributed by atoms with Gasteiger partial charge in [-0.05, 0) is 35.4 Å². The molecule has 5 rings (SSSR count). The summed E-state index contributed by atoms with van der Waals surface area (Å²) in [4.78, 5) is 61.9. The van der Waals surface area contributed by atoms with Crippen LogP contribution in [0.1, 0.15) is 38.2 Å². The number of carbonyl (C=O) groups excluding carboxylic acids is 3. The summed E-state index contributed by atoms with van der Waals surface area (Å²) in [6.45, 7) is 0. The number of nitrogens with one attached hydrogen (secondary N) is 2. The van der Waals surface area contributed by atoms with Gasteiger partial charge in [0, 0.05) is 51.6 Å². The second-order valence-corrected chi connectivity index (χ2v) is 15.2. The number of benzene rings is 3. The maximum atomic E-state index is 14.2. The van der Waals surface area contributed by atoms with Gasteiger partial charge in [-0.25, -0.2) is 0 Å². The summed E-state index contributed by atoms with van der Waals surface area (Å²) in [7, 11) is -6.46. The Hall–Kier alpha value is -4.26. The van der Waals surface area contributed by atoms with Crippen molar-refractivity contribution in [2.45, 2.75) is 54.3 Å².